The number of methoxy groups -OCH3 is 1. The van der Waals surface area contributed by atoms with Crippen molar-refractivity contribution in [3.63, 3.8) is 0 Å². The number of aliphatic imine (C=N–C) groups is 1. The number of carbonyl (C=O) groups is 1. The molecule has 1 aliphatic heterocycles. The first-order valence-corrected chi connectivity index (χ1v) is 6.67. The van der Waals surface area contributed by atoms with Crippen LogP contribution in [0.5, 0.6) is 5.75 Å². The number of nitrogens with one attached hydrogen (secondary N) is 1. The van der Waals surface area contributed by atoms with Gasteiger partial charge in [0, 0.05) is 5.56 Å². The third kappa shape index (κ3) is 2.88. The maximum absolute atomic E-state index is 13.2. The zero-order valence-electron chi connectivity index (χ0n) is 11.8. The molecule has 0 radical (unpaired) electrons. The molecule has 0 saturated heterocycles. The smallest absolute Gasteiger partial charge is 0.275 e. The van der Waals surface area contributed by atoms with Crippen molar-refractivity contribution in [1.82, 2.24) is 5.32 Å². The Labute approximate surface area is 127 Å². The molecule has 0 fully saturated rings. The van der Waals surface area contributed by atoms with Gasteiger partial charge in [-0.25, -0.2) is 9.38 Å². The van der Waals surface area contributed by atoms with Gasteiger partial charge in [0.1, 0.15) is 23.1 Å². The van der Waals surface area contributed by atoms with Crippen LogP contribution in [-0.2, 0) is 4.79 Å². The van der Waals surface area contributed by atoms with E-state index in [9.17, 15) is 9.18 Å². The van der Waals surface area contributed by atoms with Crippen molar-refractivity contribution >= 4 is 17.8 Å². The standard InChI is InChI=1S/C17H13FN2O2/c1-22-14-7-5-12(6-8-14)16-19-15(17(21)20-16)10-11-3-2-4-13(18)9-11/h2-10H,1H3,(H,19,20,21)/b15-10+. The molecule has 1 aliphatic rings. The number of halogens is 1. The predicted octanol–water partition coefficient (Wildman–Crippen LogP) is 2.75. The van der Waals surface area contributed by atoms with E-state index in [0.29, 0.717) is 11.4 Å². The summed E-state index contributed by atoms with van der Waals surface area (Å²) in [5, 5.41) is 2.70. The molecule has 5 heteroatoms. The lowest BCUT2D eigenvalue weighted by Crippen LogP contribution is -2.24. The summed E-state index contributed by atoms with van der Waals surface area (Å²) in [6.45, 7) is 0. The fourth-order valence-electron chi connectivity index (χ4n) is 2.11. The second-order valence-electron chi connectivity index (χ2n) is 4.73. The molecule has 1 heterocycles. The Bertz CT molecular complexity index is 780. The van der Waals surface area contributed by atoms with E-state index in [1.165, 1.54) is 12.1 Å². The fourth-order valence-corrected chi connectivity index (χ4v) is 2.11. The number of carbonyl (C=O) groups excluding carboxylic acids is 1. The van der Waals surface area contributed by atoms with Crippen LogP contribution in [0.4, 0.5) is 4.39 Å². The molecule has 3 rings (SSSR count). The lowest BCUT2D eigenvalue weighted by atomic mass is 10.2. The van der Waals surface area contributed by atoms with Crippen molar-refractivity contribution in [1.29, 1.82) is 0 Å². The molecule has 4 nitrogen and oxygen atoms in total. The van der Waals surface area contributed by atoms with Crippen LogP contribution in [0, 0.1) is 5.82 Å². The molecule has 0 saturated carbocycles. The maximum Gasteiger partial charge on any atom is 0.275 e. The summed E-state index contributed by atoms with van der Waals surface area (Å²) in [7, 11) is 1.59. The van der Waals surface area contributed by atoms with E-state index in [2.05, 4.69) is 10.3 Å². The van der Waals surface area contributed by atoms with Crippen LogP contribution in [0.3, 0.4) is 0 Å². The van der Waals surface area contributed by atoms with Crippen molar-refractivity contribution < 1.29 is 13.9 Å². The molecular weight excluding hydrogens is 283 g/mol. The molecular formula is C17H13FN2O2. The molecule has 0 unspecified atom stereocenters. The first-order chi connectivity index (χ1) is 10.7. The normalized spacial score (nSPS) is 15.6. The van der Waals surface area contributed by atoms with Crippen LogP contribution in [0.1, 0.15) is 11.1 Å². The Morgan fingerprint density at radius 2 is 1.95 bits per heavy atom. The predicted molar refractivity (Wildman–Crippen MR) is 82.1 cm³/mol. The lowest BCUT2D eigenvalue weighted by molar-refractivity contribution is -0.115. The van der Waals surface area contributed by atoms with Gasteiger partial charge in [-0.3, -0.25) is 4.79 Å². The van der Waals surface area contributed by atoms with Gasteiger partial charge in [0.25, 0.3) is 5.91 Å². The first-order valence-electron chi connectivity index (χ1n) is 6.67. The Balaban J connectivity index is 1.90. The van der Waals surface area contributed by atoms with Gasteiger partial charge in [-0.1, -0.05) is 12.1 Å². The van der Waals surface area contributed by atoms with E-state index in [-0.39, 0.29) is 17.4 Å². The third-order valence-electron chi connectivity index (χ3n) is 3.21. The number of amides is 1. The number of hydrogen-bond donors (Lipinski definition) is 1. The average molecular weight is 296 g/mol. The van der Waals surface area contributed by atoms with Crippen molar-refractivity contribution in [2.75, 3.05) is 7.11 Å². The summed E-state index contributed by atoms with van der Waals surface area (Å²) in [4.78, 5) is 16.2. The molecule has 0 aliphatic carbocycles. The quantitative estimate of drug-likeness (QED) is 0.885. The monoisotopic (exact) mass is 296 g/mol. The Kier molecular flexibility index (Phi) is 3.70. The second-order valence-corrected chi connectivity index (χ2v) is 4.73. The lowest BCUT2D eigenvalue weighted by Gasteiger charge is -2.02. The highest BCUT2D eigenvalue weighted by molar-refractivity contribution is 6.19. The summed E-state index contributed by atoms with van der Waals surface area (Å²) in [6, 6.07) is 13.2. The van der Waals surface area contributed by atoms with Crippen LogP contribution in [0.25, 0.3) is 6.08 Å². The Morgan fingerprint density at radius 1 is 1.18 bits per heavy atom. The summed E-state index contributed by atoms with van der Waals surface area (Å²) in [6.07, 6.45) is 1.55. The van der Waals surface area contributed by atoms with Crippen molar-refractivity contribution in [2.45, 2.75) is 0 Å². The summed E-state index contributed by atoms with van der Waals surface area (Å²) >= 11 is 0. The zero-order valence-corrected chi connectivity index (χ0v) is 11.8. The van der Waals surface area contributed by atoms with E-state index < -0.39 is 0 Å². The molecule has 0 aromatic heterocycles. The third-order valence-corrected chi connectivity index (χ3v) is 3.21. The maximum atomic E-state index is 13.2. The van der Waals surface area contributed by atoms with Gasteiger partial charge < -0.3 is 10.1 Å². The van der Waals surface area contributed by atoms with Crippen molar-refractivity contribution in [3.05, 3.63) is 71.2 Å². The van der Waals surface area contributed by atoms with Crippen LogP contribution in [-0.4, -0.2) is 18.9 Å². The SMILES string of the molecule is COc1ccc(C2=N/C(=C/c3cccc(F)c3)C(=O)N2)cc1. The van der Waals surface area contributed by atoms with Crippen molar-refractivity contribution in [3.8, 4) is 5.75 Å². The molecule has 0 atom stereocenters. The number of ether oxygens (including phenoxy) is 1. The van der Waals surface area contributed by atoms with Crippen molar-refractivity contribution in [2.24, 2.45) is 4.99 Å². The molecule has 0 bridgehead atoms. The van der Waals surface area contributed by atoms with E-state index >= 15 is 0 Å². The first kappa shape index (κ1) is 14.0. The highest BCUT2D eigenvalue weighted by Crippen LogP contribution is 2.17. The van der Waals surface area contributed by atoms with Gasteiger partial charge in [-0.15, -0.1) is 0 Å². The largest absolute Gasteiger partial charge is 0.497 e. The fraction of sp³-hybridized carbons (Fsp3) is 0.0588. The van der Waals surface area contributed by atoms with E-state index in [4.69, 9.17) is 4.74 Å². The van der Waals surface area contributed by atoms with Crippen LogP contribution in [0.15, 0.2) is 59.2 Å². The highest BCUT2D eigenvalue weighted by atomic mass is 19.1. The number of benzene rings is 2. The van der Waals surface area contributed by atoms with E-state index in [0.717, 1.165) is 11.3 Å². The highest BCUT2D eigenvalue weighted by Gasteiger charge is 2.21. The van der Waals surface area contributed by atoms with Gasteiger partial charge in [0.15, 0.2) is 0 Å². The van der Waals surface area contributed by atoms with Crippen LogP contribution < -0.4 is 10.1 Å². The second kappa shape index (κ2) is 5.81. The number of nitrogens with zero attached hydrogens (tertiary/aromatic N) is 1. The minimum Gasteiger partial charge on any atom is -0.497 e. The topological polar surface area (TPSA) is 50.7 Å². The molecule has 2 aromatic carbocycles. The molecule has 22 heavy (non-hydrogen) atoms. The zero-order chi connectivity index (χ0) is 15.5. The van der Waals surface area contributed by atoms with E-state index in [1.807, 2.05) is 12.1 Å². The average Bonchev–Trinajstić information content (AvgIpc) is 2.88. The number of rotatable bonds is 3. The van der Waals surface area contributed by atoms with Crippen LogP contribution in [0.2, 0.25) is 0 Å². The van der Waals surface area contributed by atoms with Crippen LogP contribution >= 0.6 is 0 Å². The molecule has 0 spiro atoms. The van der Waals surface area contributed by atoms with Gasteiger partial charge in [-0.05, 0) is 48.0 Å². The van der Waals surface area contributed by atoms with Gasteiger partial charge in [0.05, 0.1) is 7.11 Å². The summed E-state index contributed by atoms with van der Waals surface area (Å²) < 4.78 is 18.3. The minimum atomic E-state index is -0.355. The van der Waals surface area contributed by atoms with Gasteiger partial charge >= 0.3 is 0 Å². The molecule has 1 amide bonds. The number of amidine groups is 1. The summed E-state index contributed by atoms with van der Waals surface area (Å²) in [5.74, 6) is 0.529. The van der Waals surface area contributed by atoms with E-state index in [1.54, 1.807) is 37.5 Å². The Hall–Kier alpha value is -2.95. The summed E-state index contributed by atoms with van der Waals surface area (Å²) in [5.41, 5.74) is 1.61. The Morgan fingerprint density at radius 3 is 2.64 bits per heavy atom. The minimum absolute atomic E-state index is 0.247. The molecule has 110 valence electrons. The molecule has 1 N–H and O–H groups in total. The number of hydrogen-bond acceptors (Lipinski definition) is 3. The molecule has 2 aromatic rings. The van der Waals surface area contributed by atoms with Gasteiger partial charge in [-0.2, -0.15) is 0 Å². The van der Waals surface area contributed by atoms with Gasteiger partial charge in [0.2, 0.25) is 0 Å².